The average molecular weight is 206 g/mol. The van der Waals surface area contributed by atoms with Gasteiger partial charge in [0.1, 0.15) is 12.0 Å². The minimum atomic E-state index is 0.638. The van der Waals surface area contributed by atoms with Crippen LogP contribution < -0.4 is 4.74 Å². The Hall–Kier alpha value is -1.35. The number of aldehydes is 1. The third kappa shape index (κ3) is 2.57. The number of hydrogen-bond donors (Lipinski definition) is 0. The molecular weight excluding hydrogens is 192 g/mol. The van der Waals surface area contributed by atoms with Crippen LogP contribution in [0.5, 0.6) is 5.75 Å². The van der Waals surface area contributed by atoms with Gasteiger partial charge >= 0.3 is 0 Å². The fourth-order valence-electron chi connectivity index (χ4n) is 1.44. The molecule has 3 heteroatoms. The molecular formula is C12H14O3. The molecule has 0 N–H and O–H groups in total. The van der Waals surface area contributed by atoms with Crippen LogP contribution in [-0.4, -0.2) is 26.1 Å². The molecule has 15 heavy (non-hydrogen) atoms. The molecule has 1 saturated carbocycles. The quantitative estimate of drug-likeness (QED) is 0.693. The highest BCUT2D eigenvalue weighted by Crippen LogP contribution is 2.42. The molecule has 1 aromatic carbocycles. The largest absolute Gasteiger partial charge is 0.497 e. The molecule has 1 aliphatic heterocycles. The van der Waals surface area contributed by atoms with Crippen LogP contribution in [0.1, 0.15) is 16.8 Å². The van der Waals surface area contributed by atoms with Crippen LogP contribution in [0.3, 0.4) is 0 Å². The van der Waals surface area contributed by atoms with E-state index in [1.807, 2.05) is 0 Å². The van der Waals surface area contributed by atoms with E-state index in [1.165, 1.54) is 6.42 Å². The molecule has 3 rings (SSSR count). The molecule has 1 aromatic rings. The highest BCUT2D eigenvalue weighted by Gasteiger charge is 2.46. The molecule has 3 nitrogen and oxygen atoms in total. The number of methoxy groups -OCH3 is 1. The van der Waals surface area contributed by atoms with E-state index in [1.54, 1.807) is 31.4 Å². The fourth-order valence-corrected chi connectivity index (χ4v) is 1.44. The normalized spacial score (nSPS) is 25.1. The predicted octanol–water partition coefficient (Wildman–Crippen LogP) is 1.91. The molecule has 0 amide bonds. The molecule has 0 spiro atoms. The summed E-state index contributed by atoms with van der Waals surface area (Å²) in [6.07, 6.45) is 2.89. The Kier molecular flexibility index (Phi) is 3.02. The van der Waals surface area contributed by atoms with Gasteiger partial charge in [-0.05, 0) is 18.6 Å². The number of benzene rings is 1. The van der Waals surface area contributed by atoms with Crippen molar-refractivity contribution in [3.8, 4) is 5.75 Å². The van der Waals surface area contributed by atoms with Gasteiger partial charge in [0.2, 0.25) is 0 Å². The van der Waals surface area contributed by atoms with Crippen LogP contribution in [0.25, 0.3) is 0 Å². The lowest BCUT2D eigenvalue weighted by Crippen LogP contribution is -2.12. The van der Waals surface area contributed by atoms with Crippen LogP contribution in [0.2, 0.25) is 0 Å². The van der Waals surface area contributed by atoms with Gasteiger partial charge in [-0.3, -0.25) is 4.79 Å². The van der Waals surface area contributed by atoms with E-state index >= 15 is 0 Å². The van der Waals surface area contributed by atoms with Gasteiger partial charge in [-0.1, -0.05) is 12.1 Å². The summed E-state index contributed by atoms with van der Waals surface area (Å²) < 4.78 is 9.90. The second-order valence-corrected chi connectivity index (χ2v) is 3.76. The van der Waals surface area contributed by atoms with Gasteiger partial charge < -0.3 is 9.47 Å². The maximum atomic E-state index is 10.2. The van der Waals surface area contributed by atoms with E-state index in [4.69, 9.17) is 9.47 Å². The Balaban J connectivity index is 0.000000139. The van der Waals surface area contributed by atoms with Crippen LogP contribution >= 0.6 is 0 Å². The summed E-state index contributed by atoms with van der Waals surface area (Å²) in [5.41, 5.74) is 0.638. The molecule has 0 radical (unpaired) electrons. The smallest absolute Gasteiger partial charge is 0.150 e. The number of hydrogen-bond acceptors (Lipinski definition) is 3. The lowest BCUT2D eigenvalue weighted by Gasteiger charge is -2.08. The van der Waals surface area contributed by atoms with Crippen molar-refractivity contribution < 1.29 is 14.3 Å². The lowest BCUT2D eigenvalue weighted by atomic mass is 10.2. The first kappa shape index (κ1) is 10.2. The van der Waals surface area contributed by atoms with Gasteiger partial charge in [0.05, 0.1) is 19.8 Å². The standard InChI is InChI=1S/C8H8O2.C4H6O/c1-10-8-4-2-3-7(5-8)6-9;1-3-2-5-4(1)3/h2-6H,1H3;3-4H,1-2H2. The molecule has 2 atom stereocenters. The average Bonchev–Trinajstić information content (AvgIpc) is 2.86. The third-order valence-corrected chi connectivity index (χ3v) is 2.61. The van der Waals surface area contributed by atoms with E-state index < -0.39 is 0 Å². The second kappa shape index (κ2) is 4.45. The summed E-state index contributed by atoms with van der Waals surface area (Å²) in [5, 5.41) is 0. The molecule has 1 saturated heterocycles. The maximum Gasteiger partial charge on any atom is 0.150 e. The van der Waals surface area contributed by atoms with E-state index in [2.05, 4.69) is 0 Å². The summed E-state index contributed by atoms with van der Waals surface area (Å²) in [7, 11) is 1.57. The Morgan fingerprint density at radius 3 is 2.73 bits per heavy atom. The number of carbonyl (C=O) groups is 1. The Morgan fingerprint density at radius 1 is 1.53 bits per heavy atom. The monoisotopic (exact) mass is 206 g/mol. The Labute approximate surface area is 89.0 Å². The molecule has 80 valence electrons. The summed E-state index contributed by atoms with van der Waals surface area (Å²) in [5.74, 6) is 1.72. The summed E-state index contributed by atoms with van der Waals surface area (Å²) in [4.78, 5) is 10.2. The first-order chi connectivity index (χ1) is 7.33. The number of carbonyl (C=O) groups excluding carboxylic acids is 1. The topological polar surface area (TPSA) is 35.5 Å². The predicted molar refractivity (Wildman–Crippen MR) is 56.2 cm³/mol. The highest BCUT2D eigenvalue weighted by atomic mass is 16.5. The zero-order valence-electron chi connectivity index (χ0n) is 8.68. The van der Waals surface area contributed by atoms with Gasteiger partial charge in [-0.15, -0.1) is 0 Å². The van der Waals surface area contributed by atoms with Gasteiger partial charge in [-0.2, -0.15) is 0 Å². The number of rotatable bonds is 2. The molecule has 2 unspecified atom stereocenters. The summed E-state index contributed by atoms with van der Waals surface area (Å²) >= 11 is 0. The van der Waals surface area contributed by atoms with Crippen molar-refractivity contribution in [2.75, 3.05) is 13.7 Å². The van der Waals surface area contributed by atoms with Crippen molar-refractivity contribution in [1.82, 2.24) is 0 Å². The zero-order chi connectivity index (χ0) is 10.7. The first-order valence-electron chi connectivity index (χ1n) is 5.04. The number of fused-ring (bicyclic) bond motifs is 1. The Bertz CT molecular complexity index is 336. The second-order valence-electron chi connectivity index (χ2n) is 3.76. The number of ether oxygens (including phenoxy) is 2. The van der Waals surface area contributed by atoms with E-state index in [0.717, 1.165) is 24.9 Å². The molecule has 0 aromatic heterocycles. The van der Waals surface area contributed by atoms with Crippen LogP contribution in [0, 0.1) is 5.92 Å². The van der Waals surface area contributed by atoms with Crippen molar-refractivity contribution in [3.63, 3.8) is 0 Å². The minimum absolute atomic E-state index is 0.638. The molecule has 2 fully saturated rings. The first-order valence-corrected chi connectivity index (χ1v) is 5.04. The van der Waals surface area contributed by atoms with Crippen LogP contribution in [0.15, 0.2) is 24.3 Å². The molecule has 1 aliphatic carbocycles. The fraction of sp³-hybridized carbons (Fsp3) is 0.417. The molecule has 2 aliphatic rings. The van der Waals surface area contributed by atoms with E-state index in [0.29, 0.717) is 11.3 Å². The molecule has 0 bridgehead atoms. The van der Waals surface area contributed by atoms with E-state index in [-0.39, 0.29) is 0 Å². The minimum Gasteiger partial charge on any atom is -0.497 e. The van der Waals surface area contributed by atoms with Crippen molar-refractivity contribution in [1.29, 1.82) is 0 Å². The third-order valence-electron chi connectivity index (χ3n) is 2.61. The summed E-state index contributed by atoms with van der Waals surface area (Å²) in [6.45, 7) is 1.06. The van der Waals surface area contributed by atoms with Crippen molar-refractivity contribution in [3.05, 3.63) is 29.8 Å². The maximum absolute atomic E-state index is 10.2. The molecule has 1 heterocycles. The van der Waals surface area contributed by atoms with Gasteiger partial charge in [-0.25, -0.2) is 0 Å². The summed E-state index contributed by atoms with van der Waals surface area (Å²) in [6, 6.07) is 7.00. The van der Waals surface area contributed by atoms with Crippen molar-refractivity contribution in [2.24, 2.45) is 5.92 Å². The van der Waals surface area contributed by atoms with Crippen LogP contribution in [-0.2, 0) is 4.74 Å². The van der Waals surface area contributed by atoms with Gasteiger partial charge in [0.25, 0.3) is 0 Å². The zero-order valence-corrected chi connectivity index (χ0v) is 8.68. The van der Waals surface area contributed by atoms with E-state index in [9.17, 15) is 4.79 Å². The van der Waals surface area contributed by atoms with Crippen LogP contribution in [0.4, 0.5) is 0 Å². The SMILES string of the molecule is C1OC2CC12.COc1cccc(C=O)c1. The van der Waals surface area contributed by atoms with Crippen molar-refractivity contribution in [2.45, 2.75) is 12.5 Å². The Morgan fingerprint density at radius 2 is 2.33 bits per heavy atom. The van der Waals surface area contributed by atoms with Crippen molar-refractivity contribution >= 4 is 6.29 Å². The van der Waals surface area contributed by atoms with Gasteiger partial charge in [0, 0.05) is 11.5 Å². The van der Waals surface area contributed by atoms with Gasteiger partial charge in [0.15, 0.2) is 0 Å². The highest BCUT2D eigenvalue weighted by molar-refractivity contribution is 5.75. The lowest BCUT2D eigenvalue weighted by molar-refractivity contribution is 0.0231.